The molecule has 0 saturated heterocycles. The van der Waals surface area contributed by atoms with Crippen LogP contribution in [0.1, 0.15) is 12.8 Å². The Bertz CT molecular complexity index is 121. The molecule has 0 aromatic rings. The van der Waals surface area contributed by atoms with Gasteiger partial charge in [0.05, 0.1) is 26.1 Å². The zero-order chi connectivity index (χ0) is 9.98. The number of carboxylic acid groups (broad SMARTS) is 2. The van der Waals surface area contributed by atoms with Gasteiger partial charge in [0.25, 0.3) is 0 Å². The van der Waals surface area contributed by atoms with E-state index in [9.17, 15) is 9.59 Å². The van der Waals surface area contributed by atoms with Gasteiger partial charge in [-0.1, -0.05) is 0 Å². The molecule has 0 fully saturated rings. The second-order valence-corrected chi connectivity index (χ2v) is 1.73. The summed E-state index contributed by atoms with van der Waals surface area (Å²) in [5.74, 6) is -2.15. The Balaban J connectivity index is -0.000000173. The molecular weight excluding hydrogens is 191 g/mol. The van der Waals surface area contributed by atoms with Gasteiger partial charge < -0.3 is 20.4 Å². The van der Waals surface area contributed by atoms with Crippen LogP contribution in [0.5, 0.6) is 0 Å². The summed E-state index contributed by atoms with van der Waals surface area (Å²) < 4.78 is 0. The van der Waals surface area contributed by atoms with Crippen LogP contribution >= 0.6 is 0 Å². The molecule has 13 heavy (non-hydrogen) atoms. The first-order valence-corrected chi connectivity index (χ1v) is 3.20. The maximum atomic E-state index is 9.64. The first-order valence-electron chi connectivity index (χ1n) is 3.20. The Morgan fingerprint density at radius 3 is 1.15 bits per heavy atom. The fraction of sp³-hybridized carbons (Fsp3) is 0.667. The van der Waals surface area contributed by atoms with Crippen molar-refractivity contribution in [2.45, 2.75) is 12.8 Å². The molecule has 0 aromatic carbocycles. The van der Waals surface area contributed by atoms with Crippen molar-refractivity contribution >= 4 is 41.5 Å². The second-order valence-electron chi connectivity index (χ2n) is 1.73. The summed E-state index contributed by atoms with van der Waals surface area (Å²) >= 11 is 0. The van der Waals surface area contributed by atoms with Crippen molar-refractivity contribution in [3.8, 4) is 0 Å². The summed E-state index contributed by atoms with van der Waals surface area (Å²) in [7, 11) is 0. The van der Waals surface area contributed by atoms with Crippen molar-refractivity contribution < 1.29 is 30.0 Å². The van der Waals surface area contributed by atoms with Gasteiger partial charge >= 0.3 is 41.5 Å². The molecule has 0 aliphatic heterocycles. The standard InChI is InChI=1S/C4H6O4.C2H6O2.Na.H/c5-3(6)1-2-4(7)8;3-1-2-4;;/h1-2H2,(H,5,6)(H,7,8);3-4H,1-2H2;;. The molecule has 0 rings (SSSR count). The van der Waals surface area contributed by atoms with Gasteiger partial charge in [0.15, 0.2) is 0 Å². The Hall–Kier alpha value is -0.140. The third kappa shape index (κ3) is 33.6. The average molecular weight is 204 g/mol. The van der Waals surface area contributed by atoms with Crippen LogP contribution < -0.4 is 0 Å². The molecule has 0 amide bonds. The Morgan fingerprint density at radius 1 is 0.846 bits per heavy atom. The minimum atomic E-state index is -1.08. The van der Waals surface area contributed by atoms with E-state index in [1.165, 1.54) is 0 Å². The van der Waals surface area contributed by atoms with Crippen LogP contribution in [0.15, 0.2) is 0 Å². The number of carboxylic acids is 2. The Labute approximate surface area is 97.5 Å². The first-order chi connectivity index (χ1) is 5.54. The summed E-state index contributed by atoms with van der Waals surface area (Å²) in [6.07, 6.45) is -0.593. The van der Waals surface area contributed by atoms with Crippen molar-refractivity contribution in [3.05, 3.63) is 0 Å². The average Bonchev–Trinajstić information content (AvgIpc) is 2.01. The van der Waals surface area contributed by atoms with Crippen LogP contribution in [0.25, 0.3) is 0 Å². The Kier molecular flexibility index (Phi) is 20.6. The number of hydrogen-bond donors (Lipinski definition) is 4. The predicted octanol–water partition coefficient (Wildman–Crippen LogP) is -1.74. The molecule has 0 heterocycles. The topological polar surface area (TPSA) is 115 Å². The maximum absolute atomic E-state index is 9.64. The molecule has 0 bridgehead atoms. The minimum absolute atomic E-state index is 0. The predicted molar refractivity (Wildman–Crippen MR) is 45.8 cm³/mol. The van der Waals surface area contributed by atoms with E-state index in [-0.39, 0.29) is 55.6 Å². The summed E-state index contributed by atoms with van der Waals surface area (Å²) in [6.45, 7) is -0.250. The third-order valence-electron chi connectivity index (χ3n) is 0.653. The van der Waals surface area contributed by atoms with Crippen molar-refractivity contribution in [2.24, 2.45) is 0 Å². The Morgan fingerprint density at radius 2 is 1.08 bits per heavy atom. The molecule has 7 heteroatoms. The van der Waals surface area contributed by atoms with Crippen LogP contribution in [0, 0.1) is 0 Å². The molecule has 0 aliphatic rings. The SMILES string of the molecule is O=C(O)CCC(=O)O.OCCO.[NaH]. The van der Waals surface area contributed by atoms with E-state index in [1.807, 2.05) is 0 Å². The van der Waals surface area contributed by atoms with E-state index in [0.717, 1.165) is 0 Å². The number of aliphatic hydroxyl groups excluding tert-OH is 2. The van der Waals surface area contributed by atoms with Crippen LogP contribution in [0.2, 0.25) is 0 Å². The van der Waals surface area contributed by atoms with Crippen LogP contribution in [0.4, 0.5) is 0 Å². The van der Waals surface area contributed by atoms with Gasteiger partial charge in [0, 0.05) is 0 Å². The summed E-state index contributed by atoms with van der Waals surface area (Å²) in [5.41, 5.74) is 0. The molecule has 74 valence electrons. The number of hydrogen-bond acceptors (Lipinski definition) is 4. The van der Waals surface area contributed by atoms with E-state index in [4.69, 9.17) is 20.4 Å². The third-order valence-corrected chi connectivity index (χ3v) is 0.653. The normalized spacial score (nSPS) is 7.54. The molecule has 6 nitrogen and oxygen atoms in total. The monoisotopic (exact) mass is 204 g/mol. The molecule has 0 aliphatic carbocycles. The molecule has 0 unspecified atom stereocenters. The van der Waals surface area contributed by atoms with Crippen molar-refractivity contribution in [2.75, 3.05) is 13.2 Å². The van der Waals surface area contributed by atoms with Crippen molar-refractivity contribution in [3.63, 3.8) is 0 Å². The summed E-state index contributed by atoms with van der Waals surface area (Å²) in [6, 6.07) is 0. The molecule has 0 radical (unpaired) electrons. The van der Waals surface area contributed by atoms with Gasteiger partial charge in [-0.25, -0.2) is 0 Å². The molecule has 0 spiro atoms. The quantitative estimate of drug-likeness (QED) is 0.404. The van der Waals surface area contributed by atoms with Gasteiger partial charge in [0.1, 0.15) is 0 Å². The van der Waals surface area contributed by atoms with Gasteiger partial charge in [-0.2, -0.15) is 0 Å². The number of aliphatic hydroxyl groups is 2. The van der Waals surface area contributed by atoms with Crippen molar-refractivity contribution in [1.29, 1.82) is 0 Å². The van der Waals surface area contributed by atoms with Crippen LogP contribution in [-0.4, -0.2) is 75.1 Å². The van der Waals surface area contributed by atoms with Crippen molar-refractivity contribution in [1.82, 2.24) is 0 Å². The molecular formula is C6H13NaO6. The van der Waals surface area contributed by atoms with Gasteiger partial charge in [-0.05, 0) is 0 Å². The fourth-order valence-electron chi connectivity index (χ4n) is 0.214. The van der Waals surface area contributed by atoms with Crippen LogP contribution in [-0.2, 0) is 9.59 Å². The van der Waals surface area contributed by atoms with Gasteiger partial charge in [0.2, 0.25) is 0 Å². The fourth-order valence-corrected chi connectivity index (χ4v) is 0.214. The zero-order valence-electron chi connectivity index (χ0n) is 6.43. The van der Waals surface area contributed by atoms with Crippen LogP contribution in [0.3, 0.4) is 0 Å². The van der Waals surface area contributed by atoms with Gasteiger partial charge in [-0.3, -0.25) is 9.59 Å². The zero-order valence-corrected chi connectivity index (χ0v) is 6.43. The first kappa shape index (κ1) is 18.6. The summed E-state index contributed by atoms with van der Waals surface area (Å²) in [4.78, 5) is 19.3. The molecule has 4 N–H and O–H groups in total. The van der Waals surface area contributed by atoms with E-state index in [1.54, 1.807) is 0 Å². The second kappa shape index (κ2) is 14.4. The summed E-state index contributed by atoms with van der Waals surface area (Å²) in [5, 5.41) is 31.0. The molecule has 0 aromatic heterocycles. The van der Waals surface area contributed by atoms with E-state index >= 15 is 0 Å². The number of aliphatic carboxylic acids is 2. The van der Waals surface area contributed by atoms with E-state index in [2.05, 4.69) is 0 Å². The number of carbonyl (C=O) groups is 2. The van der Waals surface area contributed by atoms with E-state index < -0.39 is 11.9 Å². The van der Waals surface area contributed by atoms with E-state index in [0.29, 0.717) is 0 Å². The molecule has 0 atom stereocenters. The molecule has 0 saturated carbocycles. The van der Waals surface area contributed by atoms with Gasteiger partial charge in [-0.15, -0.1) is 0 Å². The number of rotatable bonds is 4.